The van der Waals surface area contributed by atoms with Crippen LogP contribution in [0.4, 0.5) is 5.69 Å². The number of benzene rings is 3. The van der Waals surface area contributed by atoms with Gasteiger partial charge in [0.25, 0.3) is 10.0 Å². The number of carbonyl (C=O) groups is 1. The lowest BCUT2D eigenvalue weighted by Crippen LogP contribution is -2.16. The minimum Gasteiger partial charge on any atom is -0.486 e. The molecule has 0 aromatic heterocycles. The van der Waals surface area contributed by atoms with E-state index in [1.54, 1.807) is 60.7 Å². The van der Waals surface area contributed by atoms with E-state index in [0.717, 1.165) is 5.56 Å². The minimum absolute atomic E-state index is 0.159. The lowest BCUT2D eigenvalue weighted by atomic mass is 10.0. The fourth-order valence-corrected chi connectivity index (χ4v) is 4.06. The molecule has 1 aliphatic heterocycles. The fourth-order valence-electron chi connectivity index (χ4n) is 3.01. The van der Waals surface area contributed by atoms with Crippen LogP contribution < -0.4 is 14.2 Å². The Bertz CT molecular complexity index is 1170. The number of rotatable bonds is 5. The van der Waals surface area contributed by atoms with Gasteiger partial charge in [0, 0.05) is 16.8 Å². The molecule has 0 spiro atoms. The second-order valence-electron chi connectivity index (χ2n) is 6.69. The van der Waals surface area contributed by atoms with E-state index in [0.29, 0.717) is 41.5 Å². The van der Waals surface area contributed by atoms with E-state index < -0.39 is 10.0 Å². The topological polar surface area (TPSA) is 81.7 Å². The number of hydrogen-bond donors (Lipinski definition) is 1. The molecule has 0 amide bonds. The highest BCUT2D eigenvalue weighted by Gasteiger charge is 2.18. The summed E-state index contributed by atoms with van der Waals surface area (Å²) in [6.07, 6.45) is 0. The Morgan fingerprint density at radius 1 is 0.862 bits per heavy atom. The average Bonchev–Trinajstić information content (AvgIpc) is 2.73. The molecule has 4 rings (SSSR count). The summed E-state index contributed by atoms with van der Waals surface area (Å²) in [5.74, 6) is 0.893. The Balaban J connectivity index is 1.58. The Morgan fingerprint density at radius 3 is 2.31 bits per heavy atom. The van der Waals surface area contributed by atoms with E-state index >= 15 is 0 Å². The molecule has 1 heterocycles. The second kappa shape index (κ2) is 7.60. The molecular formula is C22H19NO5S. The summed E-state index contributed by atoms with van der Waals surface area (Å²) >= 11 is 0. The van der Waals surface area contributed by atoms with Crippen LogP contribution in [0, 0.1) is 6.92 Å². The molecule has 3 aromatic carbocycles. The lowest BCUT2D eigenvalue weighted by molar-refractivity contribution is 0.103. The van der Waals surface area contributed by atoms with Crippen molar-refractivity contribution in [2.24, 2.45) is 0 Å². The average molecular weight is 409 g/mol. The van der Waals surface area contributed by atoms with Crippen LogP contribution in [0.2, 0.25) is 0 Å². The fraction of sp³-hybridized carbons (Fsp3) is 0.136. The molecule has 1 aliphatic rings. The first-order chi connectivity index (χ1) is 13.9. The third kappa shape index (κ3) is 4.09. The van der Waals surface area contributed by atoms with Gasteiger partial charge in [0.2, 0.25) is 0 Å². The quantitative estimate of drug-likeness (QED) is 0.648. The minimum atomic E-state index is -3.75. The number of ether oxygens (including phenoxy) is 2. The van der Waals surface area contributed by atoms with Gasteiger partial charge >= 0.3 is 0 Å². The first kappa shape index (κ1) is 19.0. The summed E-state index contributed by atoms with van der Waals surface area (Å²) in [6, 6.07) is 18.0. The number of nitrogens with one attached hydrogen (secondary N) is 1. The van der Waals surface area contributed by atoms with E-state index in [4.69, 9.17) is 9.47 Å². The molecule has 148 valence electrons. The highest BCUT2D eigenvalue weighted by atomic mass is 32.2. The van der Waals surface area contributed by atoms with Crippen LogP contribution in [-0.4, -0.2) is 27.4 Å². The van der Waals surface area contributed by atoms with Gasteiger partial charge < -0.3 is 9.47 Å². The first-order valence-corrected chi connectivity index (χ1v) is 10.5. The van der Waals surface area contributed by atoms with Gasteiger partial charge in [0.05, 0.1) is 4.90 Å². The van der Waals surface area contributed by atoms with Crippen molar-refractivity contribution >= 4 is 21.5 Å². The molecular weight excluding hydrogens is 390 g/mol. The monoisotopic (exact) mass is 409 g/mol. The zero-order valence-electron chi connectivity index (χ0n) is 15.7. The maximum absolute atomic E-state index is 12.9. The van der Waals surface area contributed by atoms with Crippen molar-refractivity contribution in [1.29, 1.82) is 0 Å². The Hall–Kier alpha value is -3.32. The van der Waals surface area contributed by atoms with Crippen LogP contribution in [0.3, 0.4) is 0 Å². The van der Waals surface area contributed by atoms with E-state index in [9.17, 15) is 13.2 Å². The normalized spacial score (nSPS) is 13.0. The van der Waals surface area contributed by atoms with Crippen LogP contribution in [0.25, 0.3) is 0 Å². The summed E-state index contributed by atoms with van der Waals surface area (Å²) in [4.78, 5) is 13.0. The molecule has 0 bridgehead atoms. The van der Waals surface area contributed by atoms with Gasteiger partial charge in [0.1, 0.15) is 13.2 Å². The second-order valence-corrected chi connectivity index (χ2v) is 8.37. The zero-order chi connectivity index (χ0) is 20.4. The molecule has 0 radical (unpaired) electrons. The molecule has 3 aromatic rings. The number of sulfonamides is 1. The van der Waals surface area contributed by atoms with E-state index in [2.05, 4.69) is 4.72 Å². The maximum atomic E-state index is 12.9. The summed E-state index contributed by atoms with van der Waals surface area (Å²) in [5.41, 5.74) is 2.09. The summed E-state index contributed by atoms with van der Waals surface area (Å²) in [6.45, 7) is 2.79. The van der Waals surface area contributed by atoms with Crippen LogP contribution in [0.1, 0.15) is 21.5 Å². The van der Waals surface area contributed by atoms with Crippen molar-refractivity contribution in [3.63, 3.8) is 0 Å². The van der Waals surface area contributed by atoms with Crippen LogP contribution >= 0.6 is 0 Å². The van der Waals surface area contributed by atoms with Gasteiger partial charge in [-0.15, -0.1) is 0 Å². The van der Waals surface area contributed by atoms with Gasteiger partial charge in [-0.25, -0.2) is 8.42 Å². The van der Waals surface area contributed by atoms with Crippen molar-refractivity contribution in [3.05, 3.63) is 83.4 Å². The summed E-state index contributed by atoms with van der Waals surface area (Å²) in [7, 11) is -3.75. The standard InChI is InChI=1S/C22H19NO5S/c1-15-5-8-19(9-6-15)29(25,26)23-18-4-2-3-16(13-18)22(24)17-7-10-20-21(14-17)28-12-11-27-20/h2-10,13-14,23H,11-12H2,1H3. The van der Waals surface area contributed by atoms with Gasteiger partial charge in [-0.1, -0.05) is 29.8 Å². The molecule has 1 N–H and O–H groups in total. The largest absolute Gasteiger partial charge is 0.486 e. The van der Waals surface area contributed by atoms with E-state index in [1.165, 1.54) is 6.07 Å². The molecule has 0 unspecified atom stereocenters. The number of fused-ring (bicyclic) bond motifs is 1. The highest BCUT2D eigenvalue weighted by molar-refractivity contribution is 7.92. The van der Waals surface area contributed by atoms with Crippen molar-refractivity contribution in [2.75, 3.05) is 17.9 Å². The SMILES string of the molecule is Cc1ccc(S(=O)(=O)Nc2cccc(C(=O)c3ccc4c(c3)OCCO4)c2)cc1. The number of anilines is 1. The third-order valence-electron chi connectivity index (χ3n) is 4.51. The highest BCUT2D eigenvalue weighted by Crippen LogP contribution is 2.31. The molecule has 6 nitrogen and oxygen atoms in total. The molecule has 29 heavy (non-hydrogen) atoms. The van der Waals surface area contributed by atoms with E-state index in [1.807, 2.05) is 6.92 Å². The molecule has 0 aliphatic carbocycles. The predicted octanol–water partition coefficient (Wildman–Crippen LogP) is 3.80. The van der Waals surface area contributed by atoms with Crippen LogP contribution in [-0.2, 0) is 10.0 Å². The van der Waals surface area contributed by atoms with Gasteiger partial charge in [-0.3, -0.25) is 9.52 Å². The maximum Gasteiger partial charge on any atom is 0.261 e. The smallest absolute Gasteiger partial charge is 0.261 e. The molecule has 0 fully saturated rings. The third-order valence-corrected chi connectivity index (χ3v) is 5.91. The number of ketones is 1. The van der Waals surface area contributed by atoms with Crippen molar-refractivity contribution in [2.45, 2.75) is 11.8 Å². The molecule has 0 saturated heterocycles. The number of aryl methyl sites for hydroxylation is 1. The number of carbonyl (C=O) groups excluding carboxylic acids is 1. The van der Waals surface area contributed by atoms with Gasteiger partial charge in [-0.2, -0.15) is 0 Å². The Labute approximate surface area is 169 Å². The molecule has 0 saturated carbocycles. The Kier molecular flexibility index (Phi) is 4.98. The van der Waals surface area contributed by atoms with Crippen LogP contribution in [0.15, 0.2) is 71.6 Å². The molecule has 7 heteroatoms. The van der Waals surface area contributed by atoms with Crippen molar-refractivity contribution < 1.29 is 22.7 Å². The molecule has 0 atom stereocenters. The number of hydrogen-bond acceptors (Lipinski definition) is 5. The van der Waals surface area contributed by atoms with Gasteiger partial charge in [0.15, 0.2) is 17.3 Å². The predicted molar refractivity (Wildman–Crippen MR) is 109 cm³/mol. The lowest BCUT2D eigenvalue weighted by Gasteiger charge is -2.18. The van der Waals surface area contributed by atoms with Crippen LogP contribution in [0.5, 0.6) is 11.5 Å². The van der Waals surface area contributed by atoms with E-state index in [-0.39, 0.29) is 10.7 Å². The summed E-state index contributed by atoms with van der Waals surface area (Å²) in [5, 5.41) is 0. The van der Waals surface area contributed by atoms with Crippen molar-refractivity contribution in [3.8, 4) is 11.5 Å². The first-order valence-electron chi connectivity index (χ1n) is 9.06. The zero-order valence-corrected chi connectivity index (χ0v) is 16.5. The van der Waals surface area contributed by atoms with Gasteiger partial charge in [-0.05, 0) is 49.4 Å². The van der Waals surface area contributed by atoms with Crippen molar-refractivity contribution in [1.82, 2.24) is 0 Å². The summed E-state index contributed by atoms with van der Waals surface area (Å²) < 4.78 is 38.7. The Morgan fingerprint density at radius 2 is 1.55 bits per heavy atom.